The first kappa shape index (κ1) is 20.6. The van der Waals surface area contributed by atoms with Crippen molar-refractivity contribution in [3.05, 3.63) is 70.2 Å². The van der Waals surface area contributed by atoms with Gasteiger partial charge in [0, 0.05) is 53.9 Å². The summed E-state index contributed by atoms with van der Waals surface area (Å²) in [6.45, 7) is 4.44. The molecular weight excluding hydrogens is 448 g/mol. The maximum absolute atomic E-state index is 13.5. The van der Waals surface area contributed by atoms with Crippen molar-refractivity contribution < 1.29 is 4.79 Å². The molecule has 3 aromatic carbocycles. The van der Waals surface area contributed by atoms with Crippen LogP contribution >= 0.6 is 15.9 Å². The summed E-state index contributed by atoms with van der Waals surface area (Å²) in [6.07, 6.45) is 1.64. The van der Waals surface area contributed by atoms with Crippen molar-refractivity contribution in [1.29, 1.82) is 0 Å². The average molecular weight is 477 g/mol. The maximum atomic E-state index is 13.5. The molecule has 0 bridgehead atoms. The molecule has 3 atom stereocenters. The number of hydrogen-bond acceptors (Lipinski definition) is 3. The molecule has 0 radical (unpaired) electrons. The average Bonchev–Trinajstić information content (AvgIpc) is 2.71. The Labute approximate surface area is 193 Å². The van der Waals surface area contributed by atoms with E-state index in [1.54, 1.807) is 0 Å². The van der Waals surface area contributed by atoms with Crippen LogP contribution in [-0.4, -0.2) is 25.9 Å². The van der Waals surface area contributed by atoms with Crippen LogP contribution in [0.2, 0.25) is 0 Å². The summed E-state index contributed by atoms with van der Waals surface area (Å²) >= 11 is 3.77. The SMILES string of the molecule is CN(C)c1ccc(C2c3ccc4ccccc4c3NC3CC(C)(C)CC(=O)C32)cc1Br. The van der Waals surface area contributed by atoms with Crippen LogP contribution in [0.1, 0.15) is 43.7 Å². The Hall–Kier alpha value is -2.33. The van der Waals surface area contributed by atoms with Gasteiger partial charge < -0.3 is 10.2 Å². The smallest absolute Gasteiger partial charge is 0.139 e. The lowest BCUT2D eigenvalue weighted by Crippen LogP contribution is -2.50. The number of Topliss-reactive ketones (excluding diaryl/α,β-unsaturated/α-hetero) is 1. The van der Waals surface area contributed by atoms with E-state index in [4.69, 9.17) is 0 Å². The van der Waals surface area contributed by atoms with Gasteiger partial charge in [0.05, 0.1) is 5.69 Å². The summed E-state index contributed by atoms with van der Waals surface area (Å²) in [5.41, 5.74) is 4.80. The van der Waals surface area contributed by atoms with Crippen molar-refractivity contribution in [2.75, 3.05) is 24.3 Å². The molecule has 5 rings (SSSR count). The number of anilines is 2. The molecule has 0 amide bonds. The zero-order valence-corrected chi connectivity index (χ0v) is 20.2. The molecule has 1 N–H and O–H groups in total. The van der Waals surface area contributed by atoms with Crippen LogP contribution in [0.3, 0.4) is 0 Å². The van der Waals surface area contributed by atoms with E-state index in [0.717, 1.165) is 16.6 Å². The molecule has 3 aromatic rings. The minimum atomic E-state index is -0.0428. The molecule has 1 saturated carbocycles. The fourth-order valence-corrected chi connectivity index (χ4v) is 6.47. The van der Waals surface area contributed by atoms with E-state index in [-0.39, 0.29) is 23.3 Å². The standard InChI is InChI=1S/C27H29BrN2O/c1-27(2)14-21-25(23(31)15-27)24(17-10-12-22(30(3)4)20(28)13-17)19-11-9-16-7-5-6-8-18(16)26(19)29-21/h5-13,21,24-25,29H,14-15H2,1-4H3. The molecule has 31 heavy (non-hydrogen) atoms. The second-order valence-corrected chi connectivity index (χ2v) is 11.0. The lowest BCUT2D eigenvalue weighted by Gasteiger charge is -2.47. The summed E-state index contributed by atoms with van der Waals surface area (Å²) in [7, 11) is 4.10. The van der Waals surface area contributed by atoms with E-state index in [1.165, 1.54) is 27.6 Å². The number of benzene rings is 3. The van der Waals surface area contributed by atoms with E-state index < -0.39 is 0 Å². The Morgan fingerprint density at radius 2 is 1.84 bits per heavy atom. The molecule has 3 nitrogen and oxygen atoms in total. The topological polar surface area (TPSA) is 32.3 Å². The third-order valence-corrected chi connectivity index (χ3v) is 7.66. The van der Waals surface area contributed by atoms with Gasteiger partial charge in [0.1, 0.15) is 5.78 Å². The van der Waals surface area contributed by atoms with Crippen molar-refractivity contribution in [2.45, 2.75) is 38.6 Å². The van der Waals surface area contributed by atoms with Gasteiger partial charge in [0.15, 0.2) is 0 Å². The zero-order valence-electron chi connectivity index (χ0n) is 18.6. The summed E-state index contributed by atoms with van der Waals surface area (Å²) < 4.78 is 1.07. The molecule has 1 heterocycles. The van der Waals surface area contributed by atoms with Crippen LogP contribution in [0, 0.1) is 11.3 Å². The fourth-order valence-electron chi connectivity index (χ4n) is 5.72. The number of halogens is 1. The molecule has 0 saturated heterocycles. The third kappa shape index (κ3) is 3.45. The van der Waals surface area contributed by atoms with Gasteiger partial charge in [-0.3, -0.25) is 4.79 Å². The van der Waals surface area contributed by atoms with Crippen molar-refractivity contribution in [3.63, 3.8) is 0 Å². The largest absolute Gasteiger partial charge is 0.381 e. The van der Waals surface area contributed by atoms with Crippen LogP contribution in [0.15, 0.2) is 59.1 Å². The molecule has 1 aliphatic carbocycles. The summed E-state index contributed by atoms with van der Waals surface area (Å²) in [6, 6.07) is 19.7. The second kappa shape index (κ2) is 7.37. The molecule has 2 aliphatic rings. The van der Waals surface area contributed by atoms with Crippen molar-refractivity contribution in [2.24, 2.45) is 11.3 Å². The van der Waals surface area contributed by atoms with Crippen LogP contribution in [-0.2, 0) is 4.79 Å². The fraction of sp³-hybridized carbons (Fsp3) is 0.370. The van der Waals surface area contributed by atoms with E-state index in [1.807, 2.05) is 0 Å². The number of carbonyl (C=O) groups excluding carboxylic acids is 1. The lowest BCUT2D eigenvalue weighted by molar-refractivity contribution is -0.128. The van der Waals surface area contributed by atoms with Crippen molar-refractivity contribution >= 4 is 43.9 Å². The highest BCUT2D eigenvalue weighted by molar-refractivity contribution is 9.10. The highest BCUT2D eigenvalue weighted by Gasteiger charge is 2.48. The molecule has 0 aromatic heterocycles. The first-order valence-corrected chi connectivity index (χ1v) is 11.8. The maximum Gasteiger partial charge on any atom is 0.139 e. The van der Waals surface area contributed by atoms with Crippen LogP contribution in [0.5, 0.6) is 0 Å². The van der Waals surface area contributed by atoms with E-state index >= 15 is 0 Å². The Morgan fingerprint density at radius 3 is 2.58 bits per heavy atom. The van der Waals surface area contributed by atoms with Gasteiger partial charge in [-0.05, 0) is 56.4 Å². The highest BCUT2D eigenvalue weighted by atomic mass is 79.9. The van der Waals surface area contributed by atoms with Crippen LogP contribution < -0.4 is 10.2 Å². The molecule has 0 spiro atoms. The predicted molar refractivity (Wildman–Crippen MR) is 133 cm³/mol. The normalized spacial score (nSPS) is 24.3. The Kier molecular flexibility index (Phi) is 4.89. The van der Waals surface area contributed by atoms with Gasteiger partial charge in [-0.2, -0.15) is 0 Å². The van der Waals surface area contributed by atoms with Gasteiger partial charge in [-0.25, -0.2) is 0 Å². The Balaban J connectivity index is 1.72. The number of nitrogens with zero attached hydrogens (tertiary/aromatic N) is 1. The first-order chi connectivity index (χ1) is 14.7. The van der Waals surface area contributed by atoms with Gasteiger partial charge in [0.2, 0.25) is 0 Å². The minimum Gasteiger partial charge on any atom is -0.381 e. The van der Waals surface area contributed by atoms with Crippen molar-refractivity contribution in [3.8, 4) is 0 Å². The molecule has 1 fully saturated rings. The lowest BCUT2D eigenvalue weighted by atomic mass is 9.61. The monoisotopic (exact) mass is 476 g/mol. The molecule has 160 valence electrons. The van der Waals surface area contributed by atoms with Gasteiger partial charge in [-0.1, -0.05) is 56.3 Å². The Bertz CT molecular complexity index is 1180. The second-order valence-electron chi connectivity index (χ2n) is 10.1. The first-order valence-electron chi connectivity index (χ1n) is 11.0. The summed E-state index contributed by atoms with van der Waals surface area (Å²) in [4.78, 5) is 15.6. The zero-order chi connectivity index (χ0) is 21.9. The molecular formula is C27H29BrN2O. The summed E-state index contributed by atoms with van der Waals surface area (Å²) in [5.74, 6) is 0.395. The van der Waals surface area contributed by atoms with Gasteiger partial charge >= 0.3 is 0 Å². The number of ketones is 1. The molecule has 3 unspecified atom stereocenters. The molecule has 4 heteroatoms. The van der Waals surface area contributed by atoms with E-state index in [9.17, 15) is 4.79 Å². The van der Waals surface area contributed by atoms with E-state index in [0.29, 0.717) is 12.2 Å². The van der Waals surface area contributed by atoms with E-state index in [2.05, 4.69) is 109 Å². The number of hydrogen-bond donors (Lipinski definition) is 1. The number of fused-ring (bicyclic) bond motifs is 4. The Morgan fingerprint density at radius 1 is 1.06 bits per heavy atom. The van der Waals surface area contributed by atoms with Crippen LogP contribution in [0.25, 0.3) is 10.8 Å². The summed E-state index contributed by atoms with van der Waals surface area (Å²) in [5, 5.41) is 6.30. The third-order valence-electron chi connectivity index (χ3n) is 7.03. The van der Waals surface area contributed by atoms with Crippen LogP contribution in [0.4, 0.5) is 11.4 Å². The van der Waals surface area contributed by atoms with Gasteiger partial charge in [-0.15, -0.1) is 0 Å². The van der Waals surface area contributed by atoms with Crippen molar-refractivity contribution in [1.82, 2.24) is 0 Å². The number of carbonyl (C=O) groups is 1. The highest BCUT2D eigenvalue weighted by Crippen LogP contribution is 2.52. The minimum absolute atomic E-state index is 0.0211. The van der Waals surface area contributed by atoms with Gasteiger partial charge in [0.25, 0.3) is 0 Å². The quantitative estimate of drug-likeness (QED) is 0.452. The predicted octanol–water partition coefficient (Wildman–Crippen LogP) is 6.60. The molecule has 1 aliphatic heterocycles. The number of rotatable bonds is 2. The number of nitrogens with one attached hydrogen (secondary N) is 1.